The third kappa shape index (κ3) is 39.3. The summed E-state index contributed by atoms with van der Waals surface area (Å²) in [5.74, 6) is 1.14. The molecule has 56 heavy (non-hydrogen) atoms. The molecule has 4 nitrogen and oxygen atoms in total. The highest BCUT2D eigenvalue weighted by Crippen LogP contribution is 2.30. The Morgan fingerprint density at radius 2 is 0.786 bits per heavy atom. The Hall–Kier alpha value is -0.180. The summed E-state index contributed by atoms with van der Waals surface area (Å²) in [5, 5.41) is 0. The van der Waals surface area contributed by atoms with Crippen molar-refractivity contribution < 1.29 is 18.1 Å². The zero-order valence-electron chi connectivity index (χ0n) is 35.9. The molecule has 0 spiro atoms. The largest absolute Gasteiger partial charge is 0.359 e. The van der Waals surface area contributed by atoms with E-state index in [-0.39, 0.29) is 24.4 Å². The molecule has 0 aromatic rings. The van der Waals surface area contributed by atoms with E-state index in [2.05, 4.69) is 163 Å². The summed E-state index contributed by atoms with van der Waals surface area (Å²) < 4.78 is 22.9. The van der Waals surface area contributed by atoms with Crippen molar-refractivity contribution in [3.63, 3.8) is 0 Å². The molecule has 0 fully saturated rings. The molecule has 0 N–H and O–H groups in total. The normalized spacial score (nSPS) is 16.8. The van der Waals surface area contributed by atoms with Crippen LogP contribution in [0.1, 0.15) is 131 Å². The molecule has 0 bridgehead atoms. The minimum Gasteiger partial charge on any atom is -0.359 e. The maximum atomic E-state index is 5.86. The first kappa shape index (κ1) is 57.9. The molecule has 0 amide bonds. The van der Waals surface area contributed by atoms with Crippen LogP contribution in [0.4, 0.5) is 0 Å². The number of hydrogen-bond acceptors (Lipinski definition) is 4. The summed E-state index contributed by atoms with van der Waals surface area (Å²) in [7, 11) is 10.9. The van der Waals surface area contributed by atoms with Crippen LogP contribution in [-0.4, -0.2) is 24.4 Å². The van der Waals surface area contributed by atoms with Gasteiger partial charge in [0.25, 0.3) is 0 Å². The highest BCUT2D eigenvalue weighted by atomic mass is 32.0. The summed E-state index contributed by atoms with van der Waals surface area (Å²) in [5.41, 5.74) is 0. The van der Waals surface area contributed by atoms with Crippen LogP contribution >= 0.6 is 53.8 Å². The third-order valence-corrected chi connectivity index (χ3v) is 10.9. The molecule has 0 aliphatic heterocycles. The molecule has 12 unspecified atom stereocenters. The van der Waals surface area contributed by atoms with E-state index in [0.717, 1.165) is 38.5 Å². The van der Waals surface area contributed by atoms with Crippen molar-refractivity contribution in [2.24, 2.45) is 11.8 Å². The second kappa shape index (κ2) is 47.5. The van der Waals surface area contributed by atoms with E-state index < -0.39 is 0 Å². The van der Waals surface area contributed by atoms with Gasteiger partial charge >= 0.3 is 0 Å². The van der Waals surface area contributed by atoms with Gasteiger partial charge in [0, 0.05) is 35.9 Å². The Bertz CT molecular complexity index is 1060. The summed E-state index contributed by atoms with van der Waals surface area (Å²) in [6.45, 7) is 13.3. The molecule has 0 aromatic heterocycles. The van der Waals surface area contributed by atoms with E-state index in [1.54, 1.807) is 0 Å². The van der Waals surface area contributed by atoms with Crippen LogP contribution in [0.15, 0.2) is 122 Å². The summed E-state index contributed by atoms with van der Waals surface area (Å²) in [4.78, 5) is 0. The highest BCUT2D eigenvalue weighted by molar-refractivity contribution is 8.00. The lowest BCUT2D eigenvalue weighted by Crippen LogP contribution is -2.25. The van der Waals surface area contributed by atoms with Crippen molar-refractivity contribution in [2.75, 3.05) is 0 Å². The molecule has 0 aliphatic carbocycles. The van der Waals surface area contributed by atoms with E-state index in [1.165, 1.54) is 51.4 Å². The van der Waals surface area contributed by atoms with Crippen molar-refractivity contribution in [3.8, 4) is 0 Å². The first-order valence-corrected chi connectivity index (χ1v) is 27.4. The van der Waals surface area contributed by atoms with Gasteiger partial charge in [-0.3, -0.25) is 0 Å². The number of unbranched alkanes of at least 4 members (excludes halogenated alkanes) is 6. The quantitative estimate of drug-likeness (QED) is 0.0279. The lowest BCUT2D eigenvalue weighted by atomic mass is 10.0. The molecule has 10 heteroatoms. The molecule has 0 aliphatic rings. The van der Waals surface area contributed by atoms with Crippen LogP contribution in [0, 0.1) is 11.8 Å². The predicted molar refractivity (Wildman–Crippen MR) is 272 cm³/mol. The molecule has 12 atom stereocenters. The van der Waals surface area contributed by atoms with E-state index in [1.807, 2.05) is 36.5 Å². The second-order valence-electron chi connectivity index (χ2n) is 13.7. The van der Waals surface area contributed by atoms with Gasteiger partial charge in [0.1, 0.15) is 12.2 Å². The van der Waals surface area contributed by atoms with Crippen LogP contribution in [0.5, 0.6) is 0 Å². The third-order valence-electron chi connectivity index (χ3n) is 8.59. The van der Waals surface area contributed by atoms with E-state index in [0.29, 0.717) is 28.8 Å². The Morgan fingerprint density at radius 1 is 0.446 bits per heavy atom. The molecular weight excluding hydrogens is 802 g/mol. The van der Waals surface area contributed by atoms with Gasteiger partial charge in [0.15, 0.2) is 0 Å². The molecular formula is C46H82O4P6. The van der Waals surface area contributed by atoms with Crippen LogP contribution in [0.25, 0.3) is 0 Å². The Balaban J connectivity index is 0. The average Bonchev–Trinajstić information content (AvgIpc) is 3.20. The van der Waals surface area contributed by atoms with Crippen molar-refractivity contribution >= 4 is 53.8 Å². The maximum absolute atomic E-state index is 5.86. The van der Waals surface area contributed by atoms with E-state index in [9.17, 15) is 0 Å². The van der Waals surface area contributed by atoms with Gasteiger partial charge < -0.3 is 18.1 Å². The Morgan fingerprint density at radius 3 is 1.09 bits per heavy atom. The van der Waals surface area contributed by atoms with Gasteiger partial charge in [-0.1, -0.05) is 232 Å². The van der Waals surface area contributed by atoms with E-state index in [4.69, 9.17) is 18.1 Å². The molecule has 0 heterocycles. The summed E-state index contributed by atoms with van der Waals surface area (Å²) in [6, 6.07) is 0. The van der Waals surface area contributed by atoms with Gasteiger partial charge in [-0.15, -0.1) is 0 Å². The van der Waals surface area contributed by atoms with Crippen LogP contribution < -0.4 is 0 Å². The molecule has 0 saturated heterocycles. The fourth-order valence-electron chi connectivity index (χ4n) is 5.28. The molecule has 0 aromatic carbocycles. The minimum atomic E-state index is -0.0134. The van der Waals surface area contributed by atoms with Crippen LogP contribution in [-0.2, 0) is 18.1 Å². The van der Waals surface area contributed by atoms with Crippen molar-refractivity contribution in [3.05, 3.63) is 122 Å². The van der Waals surface area contributed by atoms with Crippen molar-refractivity contribution in [2.45, 2.75) is 156 Å². The molecule has 0 rings (SSSR count). The smallest absolute Gasteiger partial charge is 0.107 e. The maximum Gasteiger partial charge on any atom is 0.107 e. The molecule has 0 radical (unpaired) electrons. The number of rotatable bonds is 34. The summed E-state index contributed by atoms with van der Waals surface area (Å²) >= 11 is 0. The van der Waals surface area contributed by atoms with Gasteiger partial charge in [-0.25, -0.2) is 0 Å². The van der Waals surface area contributed by atoms with Crippen molar-refractivity contribution in [1.82, 2.24) is 0 Å². The van der Waals surface area contributed by atoms with Crippen LogP contribution in [0.3, 0.4) is 0 Å². The number of hydrogen-bond donors (Lipinski definition) is 0. The van der Waals surface area contributed by atoms with Crippen LogP contribution in [0.2, 0.25) is 0 Å². The monoisotopic (exact) mass is 884 g/mol. The second-order valence-corrected chi connectivity index (χ2v) is 16.6. The standard InChI is InChI=1S/2C23H41O2P3/c2*1-4-6-8-15-19-22(24-26)23(25-28-27)20-16-12-10-9-11-14-18-21(3)17-13-7-5-2/h2*7,9-14,16,18,20-23,28H,4-6,8,15,17,19,26-27H2,1-3H3/b11-9-,12-10+,13-7-,18-14+,20-16+;. The first-order valence-electron chi connectivity index (χ1n) is 21.0. The topological polar surface area (TPSA) is 36.9 Å². The average molecular weight is 885 g/mol. The molecule has 0 saturated carbocycles. The van der Waals surface area contributed by atoms with Gasteiger partial charge in [0.2, 0.25) is 0 Å². The van der Waals surface area contributed by atoms with E-state index >= 15 is 0 Å². The SMILES string of the molecule is CC/C=C\CC(C)/C=C/C=C\C=C\C=C\C(OPP)C(CCCCCC)OP.CCC=CCC(C)C=CC=CC=CC=CC(OPP)C(CCCCCC)OP. The summed E-state index contributed by atoms with van der Waals surface area (Å²) in [6.07, 6.45) is 58.9. The molecule has 320 valence electrons. The highest BCUT2D eigenvalue weighted by Gasteiger charge is 2.19. The fourth-order valence-corrected chi connectivity index (χ4v) is 7.58. The fraction of sp³-hybridized carbons (Fsp3) is 0.565. The zero-order valence-corrected chi connectivity index (χ0v) is 42.5. The minimum absolute atomic E-state index is 0.0134. The van der Waals surface area contributed by atoms with Gasteiger partial charge in [0.05, 0.1) is 12.2 Å². The van der Waals surface area contributed by atoms with Crippen molar-refractivity contribution in [1.29, 1.82) is 0 Å². The first-order chi connectivity index (χ1) is 27.4. The van der Waals surface area contributed by atoms with Gasteiger partial charge in [-0.2, -0.15) is 0 Å². The Kier molecular flexibility index (Phi) is 49.1. The Labute approximate surface area is 359 Å². The van der Waals surface area contributed by atoms with Gasteiger partial charge in [-0.05, 0) is 50.4 Å². The predicted octanol–water partition coefficient (Wildman–Crippen LogP) is 16.2. The zero-order chi connectivity index (χ0) is 41.7. The number of allylic oxidation sites excluding steroid dienone is 18. The lowest BCUT2D eigenvalue weighted by Gasteiger charge is -2.22. The lowest BCUT2D eigenvalue weighted by molar-refractivity contribution is 0.104.